The van der Waals surface area contributed by atoms with Crippen LogP contribution in [0.15, 0.2) is 18.2 Å². The first-order valence-corrected chi connectivity index (χ1v) is 4.85. The topological polar surface area (TPSA) is 20.2 Å². The second-order valence-electron chi connectivity index (χ2n) is 4.12. The highest BCUT2D eigenvalue weighted by molar-refractivity contribution is 5.40. The Bertz CT molecular complexity index is 432. The van der Waals surface area contributed by atoms with Crippen LogP contribution in [0.2, 0.25) is 0 Å². The van der Waals surface area contributed by atoms with Gasteiger partial charge < -0.3 is 5.11 Å². The maximum Gasteiger partial charge on any atom is 0.406 e. The molecule has 102 valence electrons. The van der Waals surface area contributed by atoms with E-state index in [1.54, 1.807) is 0 Å². The van der Waals surface area contributed by atoms with Crippen molar-refractivity contribution in [3.05, 3.63) is 29.3 Å². The van der Waals surface area contributed by atoms with Crippen molar-refractivity contribution in [3.63, 3.8) is 0 Å². The lowest BCUT2D eigenvalue weighted by atomic mass is 9.80. The maximum atomic E-state index is 12.7. The minimum absolute atomic E-state index is 0.0489. The van der Waals surface area contributed by atoms with Gasteiger partial charge in [0, 0.05) is 0 Å². The Morgan fingerprint density at radius 1 is 0.944 bits per heavy atom. The van der Waals surface area contributed by atoms with Gasteiger partial charge in [0.15, 0.2) is 5.41 Å². The Morgan fingerprint density at radius 2 is 1.39 bits per heavy atom. The van der Waals surface area contributed by atoms with E-state index in [9.17, 15) is 26.3 Å². The van der Waals surface area contributed by atoms with Crippen LogP contribution < -0.4 is 0 Å². The van der Waals surface area contributed by atoms with Crippen molar-refractivity contribution in [1.82, 2.24) is 0 Å². The summed E-state index contributed by atoms with van der Waals surface area (Å²) in [5, 5.41) is 9.15. The Balaban J connectivity index is 3.51. The summed E-state index contributed by atoms with van der Waals surface area (Å²) < 4.78 is 76.4. The lowest BCUT2D eigenvalue weighted by Crippen LogP contribution is -2.51. The van der Waals surface area contributed by atoms with Crippen molar-refractivity contribution < 1.29 is 31.4 Å². The largest absolute Gasteiger partial charge is 0.508 e. The van der Waals surface area contributed by atoms with E-state index in [4.69, 9.17) is 5.11 Å². The van der Waals surface area contributed by atoms with Crippen LogP contribution in [0, 0.1) is 6.92 Å². The van der Waals surface area contributed by atoms with E-state index in [0.29, 0.717) is 12.1 Å². The zero-order chi connectivity index (χ0) is 14.4. The summed E-state index contributed by atoms with van der Waals surface area (Å²) in [4.78, 5) is 0. The summed E-state index contributed by atoms with van der Waals surface area (Å²) in [6, 6.07) is 2.14. The monoisotopic (exact) mass is 272 g/mol. The van der Waals surface area contributed by atoms with Gasteiger partial charge in [0.2, 0.25) is 0 Å². The molecule has 0 aliphatic heterocycles. The molecular weight excluding hydrogens is 262 g/mol. The fourth-order valence-corrected chi connectivity index (χ4v) is 1.45. The van der Waals surface area contributed by atoms with Gasteiger partial charge >= 0.3 is 12.4 Å². The van der Waals surface area contributed by atoms with Gasteiger partial charge in [-0.3, -0.25) is 0 Å². The van der Waals surface area contributed by atoms with Gasteiger partial charge in [0.05, 0.1) is 0 Å². The Kier molecular flexibility index (Phi) is 3.31. The fourth-order valence-electron chi connectivity index (χ4n) is 1.45. The summed E-state index contributed by atoms with van der Waals surface area (Å²) in [5.41, 5.74) is -4.96. The highest BCUT2D eigenvalue weighted by atomic mass is 19.4. The molecule has 0 unspecified atom stereocenters. The van der Waals surface area contributed by atoms with E-state index >= 15 is 0 Å². The first-order valence-electron chi connectivity index (χ1n) is 4.85. The number of alkyl halides is 6. The molecule has 0 spiro atoms. The van der Waals surface area contributed by atoms with Crippen molar-refractivity contribution in [2.45, 2.75) is 31.6 Å². The molecule has 0 fully saturated rings. The number of hydrogen-bond donors (Lipinski definition) is 1. The van der Waals surface area contributed by atoms with Crippen molar-refractivity contribution >= 4 is 0 Å². The van der Waals surface area contributed by atoms with Gasteiger partial charge in [0.25, 0.3) is 0 Å². The molecule has 0 aliphatic rings. The molecule has 0 radical (unpaired) electrons. The van der Waals surface area contributed by atoms with Crippen LogP contribution in [0.1, 0.15) is 18.1 Å². The molecule has 0 atom stereocenters. The molecule has 0 saturated carbocycles. The number of rotatable bonds is 1. The van der Waals surface area contributed by atoms with Crippen molar-refractivity contribution in [2.24, 2.45) is 0 Å². The standard InChI is InChI=1S/C11H10F6O/c1-6-5-7(3-4-8(6)18)9(2,10(12,13)14)11(15,16)17/h3-5,18H,1-2H3. The molecule has 1 aromatic rings. The zero-order valence-electron chi connectivity index (χ0n) is 9.45. The van der Waals surface area contributed by atoms with E-state index in [1.807, 2.05) is 0 Å². The summed E-state index contributed by atoms with van der Waals surface area (Å²) in [6.07, 6.45) is -11.0. The van der Waals surface area contributed by atoms with E-state index < -0.39 is 23.3 Å². The van der Waals surface area contributed by atoms with Gasteiger partial charge in [-0.15, -0.1) is 0 Å². The molecule has 1 nitrogen and oxygen atoms in total. The van der Waals surface area contributed by atoms with Crippen LogP contribution in [-0.4, -0.2) is 17.5 Å². The predicted molar refractivity (Wildman–Crippen MR) is 52.3 cm³/mol. The third-order valence-electron chi connectivity index (χ3n) is 2.91. The summed E-state index contributed by atoms with van der Waals surface area (Å²) >= 11 is 0. The number of aryl methyl sites for hydroxylation is 1. The van der Waals surface area contributed by atoms with Crippen LogP contribution in [0.25, 0.3) is 0 Å². The van der Waals surface area contributed by atoms with Crippen molar-refractivity contribution in [1.29, 1.82) is 0 Å². The van der Waals surface area contributed by atoms with Crippen molar-refractivity contribution in [3.8, 4) is 5.75 Å². The molecule has 1 rings (SSSR count). The lowest BCUT2D eigenvalue weighted by Gasteiger charge is -2.34. The zero-order valence-corrected chi connectivity index (χ0v) is 9.45. The molecule has 0 amide bonds. The first-order chi connectivity index (χ1) is 7.91. The molecular formula is C11H10F6O. The molecule has 1 N–H and O–H groups in total. The third kappa shape index (κ3) is 2.13. The van der Waals surface area contributed by atoms with E-state index in [1.165, 1.54) is 6.92 Å². The second-order valence-corrected chi connectivity index (χ2v) is 4.12. The Morgan fingerprint density at radius 3 is 1.72 bits per heavy atom. The quantitative estimate of drug-likeness (QED) is 0.764. The average molecular weight is 272 g/mol. The smallest absolute Gasteiger partial charge is 0.406 e. The Hall–Kier alpha value is -1.40. The molecule has 0 aromatic heterocycles. The van der Waals surface area contributed by atoms with Gasteiger partial charge in [0.1, 0.15) is 5.75 Å². The van der Waals surface area contributed by atoms with Crippen LogP contribution in [0.5, 0.6) is 5.75 Å². The number of phenolic OH excluding ortho intramolecular Hbond substituents is 1. The number of benzene rings is 1. The molecule has 0 saturated heterocycles. The summed E-state index contributed by atoms with van der Waals surface area (Å²) in [5.74, 6) is -0.356. The second kappa shape index (κ2) is 4.07. The fraction of sp³-hybridized carbons (Fsp3) is 0.455. The number of phenols is 1. The van der Waals surface area contributed by atoms with Crippen LogP contribution in [0.4, 0.5) is 26.3 Å². The van der Waals surface area contributed by atoms with Gasteiger partial charge in [-0.05, 0) is 31.0 Å². The third-order valence-corrected chi connectivity index (χ3v) is 2.91. The molecule has 1 aromatic carbocycles. The lowest BCUT2D eigenvalue weighted by molar-refractivity contribution is -0.297. The number of halogens is 6. The van der Waals surface area contributed by atoms with Crippen LogP contribution in [-0.2, 0) is 5.41 Å². The van der Waals surface area contributed by atoms with Gasteiger partial charge in [-0.1, -0.05) is 12.1 Å². The van der Waals surface area contributed by atoms with Crippen LogP contribution in [0.3, 0.4) is 0 Å². The minimum atomic E-state index is -5.48. The van der Waals surface area contributed by atoms with Crippen molar-refractivity contribution in [2.75, 3.05) is 0 Å². The van der Waals surface area contributed by atoms with E-state index in [-0.39, 0.29) is 18.2 Å². The van der Waals surface area contributed by atoms with Crippen LogP contribution >= 0.6 is 0 Å². The van der Waals surface area contributed by atoms with Gasteiger partial charge in [-0.25, -0.2) is 0 Å². The van der Waals surface area contributed by atoms with E-state index in [0.717, 1.165) is 6.07 Å². The minimum Gasteiger partial charge on any atom is -0.508 e. The summed E-state index contributed by atoms with van der Waals surface area (Å²) in [6.45, 7) is 1.31. The Labute approximate surface area is 99.0 Å². The highest BCUT2D eigenvalue weighted by Crippen LogP contribution is 2.52. The molecule has 0 heterocycles. The average Bonchev–Trinajstić information content (AvgIpc) is 2.17. The number of hydrogen-bond acceptors (Lipinski definition) is 1. The molecule has 0 bridgehead atoms. The number of aromatic hydroxyl groups is 1. The SMILES string of the molecule is Cc1cc(C(C)(C(F)(F)F)C(F)(F)F)ccc1O. The van der Waals surface area contributed by atoms with Gasteiger partial charge in [-0.2, -0.15) is 26.3 Å². The molecule has 7 heteroatoms. The highest BCUT2D eigenvalue weighted by Gasteiger charge is 2.68. The molecule has 18 heavy (non-hydrogen) atoms. The normalized spacial score (nSPS) is 13.8. The predicted octanol–water partition coefficient (Wildman–Crippen LogP) is 4.08. The van der Waals surface area contributed by atoms with E-state index in [2.05, 4.69) is 0 Å². The molecule has 0 aliphatic carbocycles. The maximum absolute atomic E-state index is 12.7. The first kappa shape index (κ1) is 14.7. The summed E-state index contributed by atoms with van der Waals surface area (Å²) in [7, 11) is 0.